The summed E-state index contributed by atoms with van der Waals surface area (Å²) in [5, 5.41) is 0. The van der Waals surface area contributed by atoms with Crippen molar-refractivity contribution in [2.45, 2.75) is 45.4 Å². The van der Waals surface area contributed by atoms with Crippen LogP contribution in [0, 0.1) is 0 Å². The molecule has 0 aliphatic carbocycles. The molecule has 1 heterocycles. The second-order valence-electron chi connectivity index (χ2n) is 7.02. The van der Waals surface area contributed by atoms with E-state index in [-0.39, 0.29) is 0 Å². The smallest absolute Gasteiger partial charge is 0.118 e. The Bertz CT molecular complexity index is 804. The number of aryl methyl sites for hydroxylation is 1. The van der Waals surface area contributed by atoms with Gasteiger partial charge < -0.3 is 4.74 Å². The second kappa shape index (κ2) is 9.91. The van der Waals surface area contributed by atoms with Crippen molar-refractivity contribution in [3.63, 3.8) is 0 Å². The Kier molecular flexibility index (Phi) is 7.04. The molecule has 0 saturated carbocycles. The summed E-state index contributed by atoms with van der Waals surface area (Å²) in [5.74, 6) is 0.880. The van der Waals surface area contributed by atoms with Gasteiger partial charge in [-0.1, -0.05) is 75.1 Å². The minimum atomic E-state index is 0.880. The van der Waals surface area contributed by atoms with Gasteiger partial charge in [-0.25, -0.2) is 0 Å². The molecule has 27 heavy (non-hydrogen) atoms. The zero-order chi connectivity index (χ0) is 18.9. The number of methoxy groups -OCH3 is 1. The Morgan fingerprint density at radius 1 is 0.704 bits per heavy atom. The molecule has 0 N–H and O–H groups in total. The maximum absolute atomic E-state index is 5.22. The maximum Gasteiger partial charge on any atom is 0.118 e. The van der Waals surface area contributed by atoms with Gasteiger partial charge in [-0.15, -0.1) is 0 Å². The topological polar surface area (TPSA) is 22.1 Å². The van der Waals surface area contributed by atoms with E-state index in [0.717, 1.165) is 23.4 Å². The van der Waals surface area contributed by atoms with Gasteiger partial charge in [0.1, 0.15) is 5.75 Å². The molecule has 0 atom stereocenters. The van der Waals surface area contributed by atoms with Crippen LogP contribution in [0.25, 0.3) is 22.4 Å². The summed E-state index contributed by atoms with van der Waals surface area (Å²) in [6.45, 7) is 2.26. The molecule has 3 rings (SSSR count). The third-order valence-electron chi connectivity index (χ3n) is 5.00. The fourth-order valence-corrected chi connectivity index (χ4v) is 3.29. The van der Waals surface area contributed by atoms with Gasteiger partial charge in [0.15, 0.2) is 0 Å². The van der Waals surface area contributed by atoms with E-state index in [1.165, 1.54) is 48.8 Å². The first-order valence-corrected chi connectivity index (χ1v) is 10.00. The number of aromatic nitrogens is 1. The zero-order valence-corrected chi connectivity index (χ0v) is 16.4. The van der Waals surface area contributed by atoms with Crippen molar-refractivity contribution in [3.8, 4) is 28.1 Å². The van der Waals surface area contributed by atoms with Gasteiger partial charge in [-0.05, 0) is 47.7 Å². The van der Waals surface area contributed by atoms with Gasteiger partial charge >= 0.3 is 0 Å². The van der Waals surface area contributed by atoms with Gasteiger partial charge in [0.2, 0.25) is 0 Å². The summed E-state index contributed by atoms with van der Waals surface area (Å²) >= 11 is 0. The van der Waals surface area contributed by atoms with Crippen molar-refractivity contribution in [2.24, 2.45) is 0 Å². The second-order valence-corrected chi connectivity index (χ2v) is 7.02. The van der Waals surface area contributed by atoms with E-state index >= 15 is 0 Å². The Labute approximate surface area is 163 Å². The average molecular weight is 360 g/mol. The van der Waals surface area contributed by atoms with Crippen LogP contribution in [0.2, 0.25) is 0 Å². The predicted molar refractivity (Wildman–Crippen MR) is 114 cm³/mol. The highest BCUT2D eigenvalue weighted by molar-refractivity contribution is 5.69. The molecule has 0 radical (unpaired) electrons. The van der Waals surface area contributed by atoms with Crippen molar-refractivity contribution in [2.75, 3.05) is 7.11 Å². The van der Waals surface area contributed by atoms with E-state index in [0.29, 0.717) is 0 Å². The molecule has 1 aromatic heterocycles. The number of nitrogens with zero attached hydrogens (tertiary/aromatic N) is 1. The lowest BCUT2D eigenvalue weighted by Crippen LogP contribution is -1.90. The molecule has 0 unspecified atom stereocenters. The van der Waals surface area contributed by atoms with Gasteiger partial charge in [0.25, 0.3) is 0 Å². The summed E-state index contributed by atoms with van der Waals surface area (Å²) in [6.07, 6.45) is 9.75. The van der Waals surface area contributed by atoms with Crippen LogP contribution in [0.3, 0.4) is 0 Å². The number of hydrogen-bond acceptors (Lipinski definition) is 2. The molecule has 3 aromatic rings. The van der Waals surface area contributed by atoms with Gasteiger partial charge in [0, 0.05) is 11.8 Å². The minimum Gasteiger partial charge on any atom is -0.497 e. The van der Waals surface area contributed by atoms with E-state index in [4.69, 9.17) is 4.74 Å². The van der Waals surface area contributed by atoms with E-state index in [2.05, 4.69) is 60.4 Å². The SMILES string of the molecule is CCCCCCCc1ccc(-c2ccc(-c3ccc(OC)cc3)cc2)nc1. The molecule has 0 aliphatic rings. The van der Waals surface area contributed by atoms with Crippen LogP contribution in [0.15, 0.2) is 66.9 Å². The molecule has 140 valence electrons. The molecule has 0 fully saturated rings. The van der Waals surface area contributed by atoms with E-state index in [1.54, 1.807) is 7.11 Å². The van der Waals surface area contributed by atoms with E-state index in [9.17, 15) is 0 Å². The number of unbranched alkanes of at least 4 members (excludes halogenated alkanes) is 4. The first kappa shape index (κ1) is 19.2. The summed E-state index contributed by atoms with van der Waals surface area (Å²) in [5.41, 5.74) is 5.91. The molecular formula is C25H29NO. The first-order chi connectivity index (χ1) is 13.3. The zero-order valence-electron chi connectivity index (χ0n) is 16.4. The molecular weight excluding hydrogens is 330 g/mol. The monoisotopic (exact) mass is 359 g/mol. The maximum atomic E-state index is 5.22. The summed E-state index contributed by atoms with van der Waals surface area (Å²) in [7, 11) is 1.69. The summed E-state index contributed by atoms with van der Waals surface area (Å²) in [4.78, 5) is 4.67. The van der Waals surface area contributed by atoms with Gasteiger partial charge in [-0.3, -0.25) is 4.98 Å². The molecule has 2 aromatic carbocycles. The van der Waals surface area contributed by atoms with Crippen LogP contribution in [0.4, 0.5) is 0 Å². The summed E-state index contributed by atoms with van der Waals surface area (Å²) < 4.78 is 5.22. The summed E-state index contributed by atoms with van der Waals surface area (Å²) in [6, 6.07) is 21.1. The molecule has 0 spiro atoms. The lowest BCUT2D eigenvalue weighted by atomic mass is 10.0. The van der Waals surface area contributed by atoms with Crippen molar-refractivity contribution < 1.29 is 4.74 Å². The fourth-order valence-electron chi connectivity index (χ4n) is 3.29. The Morgan fingerprint density at radius 2 is 1.33 bits per heavy atom. The largest absolute Gasteiger partial charge is 0.497 e. The minimum absolute atomic E-state index is 0.880. The van der Waals surface area contributed by atoms with Gasteiger partial charge in [-0.2, -0.15) is 0 Å². The van der Waals surface area contributed by atoms with Crippen LogP contribution in [0.5, 0.6) is 5.75 Å². The van der Waals surface area contributed by atoms with Crippen molar-refractivity contribution in [3.05, 3.63) is 72.4 Å². The standard InChI is InChI=1S/C25H29NO/c1-3-4-5-6-7-8-20-9-18-25(26-19-20)23-12-10-21(11-13-23)22-14-16-24(27-2)17-15-22/h9-19H,3-8H2,1-2H3. The Morgan fingerprint density at radius 3 is 1.93 bits per heavy atom. The highest BCUT2D eigenvalue weighted by Crippen LogP contribution is 2.25. The number of pyridine rings is 1. The van der Waals surface area contributed by atoms with E-state index < -0.39 is 0 Å². The number of ether oxygens (including phenoxy) is 1. The number of hydrogen-bond donors (Lipinski definition) is 0. The van der Waals surface area contributed by atoms with Crippen LogP contribution in [-0.2, 0) is 6.42 Å². The van der Waals surface area contributed by atoms with Crippen LogP contribution in [-0.4, -0.2) is 12.1 Å². The van der Waals surface area contributed by atoms with E-state index in [1.807, 2.05) is 18.3 Å². The van der Waals surface area contributed by atoms with Crippen molar-refractivity contribution in [1.29, 1.82) is 0 Å². The lowest BCUT2D eigenvalue weighted by molar-refractivity contribution is 0.415. The van der Waals surface area contributed by atoms with Crippen molar-refractivity contribution >= 4 is 0 Å². The third kappa shape index (κ3) is 5.43. The number of benzene rings is 2. The molecule has 0 bridgehead atoms. The predicted octanol–water partition coefficient (Wildman–Crippen LogP) is 6.94. The van der Waals surface area contributed by atoms with Crippen LogP contribution in [0.1, 0.15) is 44.6 Å². The normalized spacial score (nSPS) is 10.7. The Hall–Kier alpha value is -2.61. The molecule has 0 amide bonds. The molecule has 0 saturated heterocycles. The molecule has 2 nitrogen and oxygen atoms in total. The lowest BCUT2D eigenvalue weighted by Gasteiger charge is -2.07. The van der Waals surface area contributed by atoms with Crippen molar-refractivity contribution in [1.82, 2.24) is 4.98 Å². The average Bonchev–Trinajstić information content (AvgIpc) is 2.74. The van der Waals surface area contributed by atoms with Crippen LogP contribution < -0.4 is 4.74 Å². The highest BCUT2D eigenvalue weighted by Gasteiger charge is 2.03. The quantitative estimate of drug-likeness (QED) is 0.386. The molecule has 0 aliphatic heterocycles. The Balaban J connectivity index is 1.61. The highest BCUT2D eigenvalue weighted by atomic mass is 16.5. The fraction of sp³-hybridized carbons (Fsp3) is 0.320. The van der Waals surface area contributed by atoms with Gasteiger partial charge in [0.05, 0.1) is 12.8 Å². The third-order valence-corrected chi connectivity index (χ3v) is 5.00. The number of rotatable bonds is 9. The van der Waals surface area contributed by atoms with Crippen LogP contribution >= 0.6 is 0 Å². The first-order valence-electron chi connectivity index (χ1n) is 10.00. The molecule has 2 heteroatoms.